The van der Waals surface area contributed by atoms with Crippen molar-refractivity contribution in [1.29, 1.82) is 0 Å². The minimum Gasteiger partial charge on any atom is -0.466 e. The normalized spacial score (nSPS) is 14.4. The fraction of sp³-hybridized carbons (Fsp3) is 0.250. The van der Waals surface area contributed by atoms with Crippen LogP contribution in [0, 0.1) is 5.92 Å². The van der Waals surface area contributed by atoms with E-state index in [2.05, 4.69) is 47.4 Å². The molecule has 0 aliphatic carbocycles. The first-order chi connectivity index (χ1) is 16.2. The van der Waals surface area contributed by atoms with E-state index in [4.69, 9.17) is 14.7 Å². The molecule has 4 aromatic rings. The van der Waals surface area contributed by atoms with Crippen molar-refractivity contribution in [3.8, 4) is 22.5 Å². The number of rotatable bonds is 5. The van der Waals surface area contributed by atoms with Crippen LogP contribution in [-0.2, 0) is 9.53 Å². The zero-order valence-corrected chi connectivity index (χ0v) is 18.8. The number of piperidine rings is 1. The fourth-order valence-corrected chi connectivity index (χ4v) is 4.47. The highest BCUT2D eigenvalue weighted by Gasteiger charge is 2.26. The van der Waals surface area contributed by atoms with E-state index in [-0.39, 0.29) is 11.9 Å². The Kier molecular flexibility index (Phi) is 6.03. The lowest BCUT2D eigenvalue weighted by Gasteiger charge is -2.32. The molecule has 0 N–H and O–H groups in total. The van der Waals surface area contributed by atoms with Gasteiger partial charge >= 0.3 is 5.97 Å². The number of carbonyl (C=O) groups excluding carboxylic acids is 1. The molecule has 3 aromatic carbocycles. The fourth-order valence-electron chi connectivity index (χ4n) is 4.47. The van der Waals surface area contributed by atoms with E-state index in [0.717, 1.165) is 65.2 Å². The van der Waals surface area contributed by atoms with Gasteiger partial charge in [0.25, 0.3) is 0 Å². The molecule has 1 aliphatic rings. The van der Waals surface area contributed by atoms with Crippen LogP contribution in [0.5, 0.6) is 0 Å². The average Bonchev–Trinajstić information content (AvgIpc) is 2.89. The highest BCUT2D eigenvalue weighted by Crippen LogP contribution is 2.32. The van der Waals surface area contributed by atoms with Crippen LogP contribution >= 0.6 is 0 Å². The molecule has 33 heavy (non-hydrogen) atoms. The molecule has 1 fully saturated rings. The van der Waals surface area contributed by atoms with Gasteiger partial charge in [-0.05, 0) is 38.0 Å². The molecular weight excluding hydrogens is 410 g/mol. The number of aromatic nitrogens is 2. The second kappa shape index (κ2) is 9.41. The second-order valence-corrected chi connectivity index (χ2v) is 8.34. The molecule has 1 aromatic heterocycles. The molecule has 0 bridgehead atoms. The number of anilines is 1. The number of benzene rings is 3. The van der Waals surface area contributed by atoms with Gasteiger partial charge in [0.2, 0.25) is 0 Å². The lowest BCUT2D eigenvalue weighted by Crippen LogP contribution is -2.36. The van der Waals surface area contributed by atoms with Crippen molar-refractivity contribution in [1.82, 2.24) is 9.97 Å². The van der Waals surface area contributed by atoms with Crippen molar-refractivity contribution in [3.63, 3.8) is 0 Å². The summed E-state index contributed by atoms with van der Waals surface area (Å²) in [5.41, 5.74) is 6.73. The Balaban J connectivity index is 1.49. The molecule has 0 unspecified atom stereocenters. The number of hydrogen-bond acceptors (Lipinski definition) is 5. The van der Waals surface area contributed by atoms with E-state index >= 15 is 0 Å². The summed E-state index contributed by atoms with van der Waals surface area (Å²) in [6, 6.07) is 26.7. The minimum absolute atomic E-state index is 0.000406. The summed E-state index contributed by atoms with van der Waals surface area (Å²) in [7, 11) is 0. The van der Waals surface area contributed by atoms with Crippen molar-refractivity contribution in [2.45, 2.75) is 19.8 Å². The Hall–Kier alpha value is -3.73. The summed E-state index contributed by atoms with van der Waals surface area (Å²) >= 11 is 0. The van der Waals surface area contributed by atoms with E-state index < -0.39 is 0 Å². The third-order valence-electron chi connectivity index (χ3n) is 6.22. The highest BCUT2D eigenvalue weighted by atomic mass is 16.5. The van der Waals surface area contributed by atoms with Crippen LogP contribution in [0.1, 0.15) is 19.8 Å². The van der Waals surface area contributed by atoms with Crippen molar-refractivity contribution >= 4 is 22.7 Å². The van der Waals surface area contributed by atoms with Gasteiger partial charge in [0.05, 0.1) is 34.9 Å². The zero-order valence-electron chi connectivity index (χ0n) is 18.8. The first kappa shape index (κ1) is 21.1. The van der Waals surface area contributed by atoms with Crippen LogP contribution in [0.25, 0.3) is 33.5 Å². The molecular formula is C28H27N3O2. The Bertz CT molecular complexity index is 1250. The van der Waals surface area contributed by atoms with Gasteiger partial charge in [-0.1, -0.05) is 60.7 Å². The van der Waals surface area contributed by atoms with Gasteiger partial charge in [-0.25, -0.2) is 9.97 Å². The van der Waals surface area contributed by atoms with Crippen LogP contribution in [0.3, 0.4) is 0 Å². The van der Waals surface area contributed by atoms with Crippen molar-refractivity contribution in [2.24, 2.45) is 5.92 Å². The lowest BCUT2D eigenvalue weighted by molar-refractivity contribution is -0.148. The Labute approximate surface area is 194 Å². The molecule has 5 heteroatoms. The molecule has 166 valence electrons. The predicted octanol–water partition coefficient (Wildman–Crippen LogP) is 5.74. The van der Waals surface area contributed by atoms with Gasteiger partial charge in [-0.3, -0.25) is 4.79 Å². The van der Waals surface area contributed by atoms with E-state index in [1.54, 1.807) is 0 Å². The summed E-state index contributed by atoms with van der Waals surface area (Å²) in [6.07, 6.45) is 1.62. The highest BCUT2D eigenvalue weighted by molar-refractivity contribution is 5.88. The molecule has 0 atom stereocenters. The maximum atomic E-state index is 12.1. The van der Waals surface area contributed by atoms with Crippen LogP contribution < -0.4 is 4.90 Å². The summed E-state index contributed by atoms with van der Waals surface area (Å²) in [4.78, 5) is 24.5. The summed E-state index contributed by atoms with van der Waals surface area (Å²) < 4.78 is 5.21. The molecule has 1 aliphatic heterocycles. The summed E-state index contributed by atoms with van der Waals surface area (Å²) in [5, 5.41) is 0. The monoisotopic (exact) mass is 437 g/mol. The molecule has 5 rings (SSSR count). The van der Waals surface area contributed by atoms with Gasteiger partial charge in [-0.2, -0.15) is 0 Å². The first-order valence-electron chi connectivity index (χ1n) is 11.6. The predicted molar refractivity (Wildman–Crippen MR) is 132 cm³/mol. The van der Waals surface area contributed by atoms with Crippen LogP contribution in [0.2, 0.25) is 0 Å². The van der Waals surface area contributed by atoms with E-state index in [9.17, 15) is 4.79 Å². The summed E-state index contributed by atoms with van der Waals surface area (Å²) in [6.45, 7) is 3.96. The number of nitrogens with zero attached hydrogens (tertiary/aromatic N) is 3. The Morgan fingerprint density at radius 3 is 2.00 bits per heavy atom. The number of esters is 1. The van der Waals surface area contributed by atoms with Gasteiger partial charge in [0.1, 0.15) is 0 Å². The number of ether oxygens (including phenoxy) is 1. The number of fused-ring (bicyclic) bond motifs is 1. The average molecular weight is 438 g/mol. The van der Waals surface area contributed by atoms with Crippen molar-refractivity contribution < 1.29 is 9.53 Å². The van der Waals surface area contributed by atoms with E-state index in [1.807, 2.05) is 43.3 Å². The van der Waals surface area contributed by atoms with Gasteiger partial charge in [-0.15, -0.1) is 0 Å². The van der Waals surface area contributed by atoms with Gasteiger partial charge < -0.3 is 9.64 Å². The Morgan fingerprint density at radius 2 is 1.42 bits per heavy atom. The third-order valence-corrected chi connectivity index (χ3v) is 6.22. The smallest absolute Gasteiger partial charge is 0.309 e. The largest absolute Gasteiger partial charge is 0.466 e. The van der Waals surface area contributed by atoms with Crippen LogP contribution in [-0.4, -0.2) is 35.6 Å². The maximum absolute atomic E-state index is 12.1. The molecule has 0 amide bonds. The number of hydrogen-bond donors (Lipinski definition) is 0. The molecule has 1 saturated heterocycles. The molecule has 0 saturated carbocycles. The second-order valence-electron chi connectivity index (χ2n) is 8.34. The number of carbonyl (C=O) groups is 1. The van der Waals surface area contributed by atoms with Gasteiger partial charge in [0.15, 0.2) is 0 Å². The van der Waals surface area contributed by atoms with Crippen molar-refractivity contribution in [2.75, 3.05) is 24.6 Å². The standard InChI is InChI=1S/C28H27N3O2/c1-2-33-28(32)22-15-17-31(18-16-22)23-13-14-24-25(19-23)30-27(21-11-7-4-8-12-21)26(29-24)20-9-5-3-6-10-20/h3-14,19,22H,2,15-18H2,1H3. The van der Waals surface area contributed by atoms with Crippen molar-refractivity contribution in [3.05, 3.63) is 78.9 Å². The van der Waals surface area contributed by atoms with Crippen LogP contribution in [0.15, 0.2) is 78.9 Å². The Morgan fingerprint density at radius 1 is 0.848 bits per heavy atom. The molecule has 0 spiro atoms. The van der Waals surface area contributed by atoms with Crippen LogP contribution in [0.4, 0.5) is 5.69 Å². The zero-order chi connectivity index (χ0) is 22.6. The molecule has 5 nitrogen and oxygen atoms in total. The minimum atomic E-state index is -0.0672. The lowest BCUT2D eigenvalue weighted by atomic mass is 9.96. The van der Waals surface area contributed by atoms with Gasteiger partial charge in [0, 0.05) is 29.9 Å². The summed E-state index contributed by atoms with van der Waals surface area (Å²) in [5.74, 6) is -0.0676. The molecule has 0 radical (unpaired) electrons. The quantitative estimate of drug-likeness (QED) is 0.373. The first-order valence-corrected chi connectivity index (χ1v) is 11.6. The third kappa shape index (κ3) is 4.44. The molecule has 2 heterocycles. The maximum Gasteiger partial charge on any atom is 0.309 e. The SMILES string of the molecule is CCOC(=O)C1CCN(c2ccc3nc(-c4ccccc4)c(-c4ccccc4)nc3c2)CC1. The van der Waals surface area contributed by atoms with E-state index in [0.29, 0.717) is 6.61 Å². The van der Waals surface area contributed by atoms with E-state index in [1.165, 1.54) is 0 Å². The topological polar surface area (TPSA) is 55.3 Å².